The monoisotopic (exact) mass is 398 g/mol. The van der Waals surface area contributed by atoms with E-state index in [0.29, 0.717) is 30.4 Å². The molecule has 28 heavy (non-hydrogen) atoms. The number of aryl methyl sites for hydroxylation is 1. The van der Waals surface area contributed by atoms with Crippen molar-refractivity contribution in [3.05, 3.63) is 69.7 Å². The van der Waals surface area contributed by atoms with Gasteiger partial charge < -0.3 is 19.5 Å². The van der Waals surface area contributed by atoms with Crippen LogP contribution in [0.25, 0.3) is 0 Å². The summed E-state index contributed by atoms with van der Waals surface area (Å²) < 4.78 is 17.1. The van der Waals surface area contributed by atoms with Crippen LogP contribution in [0.2, 0.25) is 0 Å². The van der Waals surface area contributed by atoms with E-state index in [9.17, 15) is 0 Å². The van der Waals surface area contributed by atoms with Crippen molar-refractivity contribution in [2.45, 2.75) is 33.0 Å². The molecule has 1 atom stereocenters. The van der Waals surface area contributed by atoms with Crippen molar-refractivity contribution < 1.29 is 14.2 Å². The largest absolute Gasteiger partial charge is 0.493 e. The highest BCUT2D eigenvalue weighted by atomic mass is 32.1. The molecule has 1 unspecified atom stereocenters. The maximum absolute atomic E-state index is 6.01. The zero-order valence-corrected chi connectivity index (χ0v) is 17.5. The van der Waals surface area contributed by atoms with Gasteiger partial charge in [0.15, 0.2) is 11.5 Å². The highest BCUT2D eigenvalue weighted by Crippen LogP contribution is 2.39. The molecule has 1 heterocycles. The minimum Gasteiger partial charge on any atom is -0.493 e. The van der Waals surface area contributed by atoms with E-state index in [4.69, 9.17) is 14.2 Å². The molecule has 5 nitrogen and oxygen atoms in total. The zero-order chi connectivity index (χ0) is 19.9. The highest BCUT2D eigenvalue weighted by Gasteiger charge is 2.16. The fraction of sp³-hybridized carbons (Fsp3) is 0.318. The van der Waals surface area contributed by atoms with Crippen LogP contribution in [0.5, 0.6) is 17.2 Å². The number of nitrogens with zero attached hydrogens (tertiary/aromatic N) is 1. The topological polar surface area (TPSA) is 52.6 Å². The van der Waals surface area contributed by atoms with E-state index < -0.39 is 0 Å². The highest BCUT2D eigenvalue weighted by molar-refractivity contribution is 7.11. The summed E-state index contributed by atoms with van der Waals surface area (Å²) in [6.45, 7) is 5.30. The maximum atomic E-state index is 6.01. The molecular weight excluding hydrogens is 372 g/mol. The van der Waals surface area contributed by atoms with Crippen LogP contribution in [0.3, 0.4) is 0 Å². The quantitative estimate of drug-likeness (QED) is 0.556. The third kappa shape index (κ3) is 5.03. The number of hydrogen-bond donors (Lipinski definition) is 1. The molecule has 0 aliphatic carbocycles. The molecule has 148 valence electrons. The molecule has 0 amide bonds. The summed E-state index contributed by atoms with van der Waals surface area (Å²) in [5.41, 5.74) is 2.14. The molecule has 0 fully saturated rings. The van der Waals surface area contributed by atoms with Crippen LogP contribution in [0.4, 0.5) is 0 Å². The number of thiazole rings is 1. The third-order valence-electron chi connectivity index (χ3n) is 4.37. The molecule has 0 bridgehead atoms. The first-order chi connectivity index (χ1) is 13.6. The van der Waals surface area contributed by atoms with Crippen LogP contribution in [0, 0.1) is 6.92 Å². The SMILES string of the molecule is COc1cc(CNC(C)c2ncc(C)s2)cc(OC)c1OCc1ccccc1. The van der Waals surface area contributed by atoms with Gasteiger partial charge in [-0.3, -0.25) is 0 Å². The minimum absolute atomic E-state index is 0.171. The van der Waals surface area contributed by atoms with E-state index >= 15 is 0 Å². The number of benzene rings is 2. The fourth-order valence-electron chi connectivity index (χ4n) is 2.84. The predicted molar refractivity (Wildman–Crippen MR) is 112 cm³/mol. The van der Waals surface area contributed by atoms with Crippen molar-refractivity contribution in [2.75, 3.05) is 14.2 Å². The lowest BCUT2D eigenvalue weighted by atomic mass is 10.1. The molecule has 0 saturated carbocycles. The molecule has 0 aliphatic rings. The zero-order valence-electron chi connectivity index (χ0n) is 16.7. The number of ether oxygens (including phenoxy) is 3. The average molecular weight is 399 g/mol. The normalized spacial score (nSPS) is 11.9. The molecule has 0 spiro atoms. The first-order valence-corrected chi connectivity index (χ1v) is 9.99. The van der Waals surface area contributed by atoms with Crippen molar-refractivity contribution in [3.8, 4) is 17.2 Å². The van der Waals surface area contributed by atoms with Gasteiger partial charge in [-0.25, -0.2) is 4.98 Å². The van der Waals surface area contributed by atoms with Crippen molar-refractivity contribution in [3.63, 3.8) is 0 Å². The van der Waals surface area contributed by atoms with Gasteiger partial charge in [0.25, 0.3) is 0 Å². The molecule has 2 aromatic carbocycles. The van der Waals surface area contributed by atoms with Crippen LogP contribution >= 0.6 is 11.3 Å². The van der Waals surface area contributed by atoms with Crippen LogP contribution in [-0.2, 0) is 13.2 Å². The molecule has 0 aliphatic heterocycles. The second-order valence-electron chi connectivity index (χ2n) is 6.52. The molecule has 3 aromatic rings. The lowest BCUT2D eigenvalue weighted by Gasteiger charge is -2.17. The second kappa shape index (κ2) is 9.57. The van der Waals surface area contributed by atoms with E-state index in [1.807, 2.05) is 48.7 Å². The number of methoxy groups -OCH3 is 2. The van der Waals surface area contributed by atoms with E-state index in [1.54, 1.807) is 25.6 Å². The van der Waals surface area contributed by atoms with Gasteiger partial charge in [-0.15, -0.1) is 11.3 Å². The summed E-state index contributed by atoms with van der Waals surface area (Å²) in [5, 5.41) is 4.59. The van der Waals surface area contributed by atoms with Crippen molar-refractivity contribution in [1.29, 1.82) is 0 Å². The Hall–Kier alpha value is -2.57. The first kappa shape index (κ1) is 20.2. The van der Waals surface area contributed by atoms with Gasteiger partial charge >= 0.3 is 0 Å². The van der Waals surface area contributed by atoms with Crippen molar-refractivity contribution in [1.82, 2.24) is 10.3 Å². The lowest BCUT2D eigenvalue weighted by Crippen LogP contribution is -2.18. The van der Waals surface area contributed by atoms with Crippen LogP contribution in [-0.4, -0.2) is 19.2 Å². The summed E-state index contributed by atoms with van der Waals surface area (Å²) in [6, 6.07) is 14.2. The van der Waals surface area contributed by atoms with Crippen LogP contribution < -0.4 is 19.5 Å². The number of nitrogens with one attached hydrogen (secondary N) is 1. The standard InChI is InChI=1S/C22H26N2O3S/c1-15-12-24-22(28-15)16(2)23-13-18-10-19(25-3)21(20(11-18)26-4)27-14-17-8-6-5-7-9-17/h5-12,16,23H,13-14H2,1-4H3. The summed E-state index contributed by atoms with van der Waals surface area (Å²) >= 11 is 1.71. The van der Waals surface area contributed by atoms with E-state index in [2.05, 4.69) is 24.1 Å². The van der Waals surface area contributed by atoms with Gasteiger partial charge in [-0.05, 0) is 37.1 Å². The lowest BCUT2D eigenvalue weighted by molar-refractivity contribution is 0.265. The summed E-state index contributed by atoms with van der Waals surface area (Å²) in [7, 11) is 3.28. The molecule has 1 aromatic heterocycles. The van der Waals surface area contributed by atoms with Crippen molar-refractivity contribution in [2.24, 2.45) is 0 Å². The van der Waals surface area contributed by atoms with Crippen LogP contribution in [0.15, 0.2) is 48.7 Å². The average Bonchev–Trinajstić information content (AvgIpc) is 3.17. The Morgan fingerprint density at radius 1 is 1.04 bits per heavy atom. The predicted octanol–water partition coefficient (Wildman–Crippen LogP) is 4.90. The Bertz CT molecular complexity index is 871. The molecule has 6 heteroatoms. The summed E-state index contributed by atoms with van der Waals surface area (Å²) in [6.07, 6.45) is 1.91. The minimum atomic E-state index is 0.171. The first-order valence-electron chi connectivity index (χ1n) is 9.18. The molecule has 3 rings (SSSR count). The van der Waals surface area contributed by atoms with Gasteiger partial charge in [-0.2, -0.15) is 0 Å². The van der Waals surface area contributed by atoms with Gasteiger partial charge in [0, 0.05) is 17.6 Å². The van der Waals surface area contributed by atoms with E-state index in [-0.39, 0.29) is 6.04 Å². The maximum Gasteiger partial charge on any atom is 0.203 e. The molecule has 1 N–H and O–H groups in total. The second-order valence-corrected chi connectivity index (χ2v) is 7.78. The molecule has 0 radical (unpaired) electrons. The smallest absolute Gasteiger partial charge is 0.203 e. The van der Waals surface area contributed by atoms with Gasteiger partial charge in [0.05, 0.1) is 20.3 Å². The number of hydrogen-bond acceptors (Lipinski definition) is 6. The summed E-state index contributed by atoms with van der Waals surface area (Å²) in [5.74, 6) is 1.93. The molecular formula is C22H26N2O3S. The Balaban J connectivity index is 1.72. The van der Waals surface area contributed by atoms with E-state index in [0.717, 1.165) is 16.1 Å². The third-order valence-corrected chi connectivity index (χ3v) is 5.46. The molecule has 0 saturated heterocycles. The van der Waals surface area contributed by atoms with Gasteiger partial charge in [0.2, 0.25) is 5.75 Å². The van der Waals surface area contributed by atoms with Crippen LogP contribution in [0.1, 0.15) is 34.0 Å². The number of aromatic nitrogens is 1. The summed E-state index contributed by atoms with van der Waals surface area (Å²) in [4.78, 5) is 5.66. The van der Waals surface area contributed by atoms with Gasteiger partial charge in [-0.1, -0.05) is 30.3 Å². The number of rotatable bonds is 9. The van der Waals surface area contributed by atoms with Crippen molar-refractivity contribution >= 4 is 11.3 Å². The Morgan fingerprint density at radius 3 is 2.29 bits per heavy atom. The Labute approximate surface area is 170 Å². The van der Waals surface area contributed by atoms with E-state index in [1.165, 1.54) is 4.88 Å². The van der Waals surface area contributed by atoms with Gasteiger partial charge in [0.1, 0.15) is 11.6 Å². The Kier molecular flexibility index (Phi) is 6.90. The fourth-order valence-corrected chi connectivity index (χ4v) is 3.64. The Morgan fingerprint density at radius 2 is 1.71 bits per heavy atom.